The minimum Gasteiger partial charge on any atom is -0.385 e. The Morgan fingerprint density at radius 3 is 2.78 bits per heavy atom. The maximum atomic E-state index is 12.4. The van der Waals surface area contributed by atoms with Crippen molar-refractivity contribution in [2.45, 2.75) is 38.0 Å². The molecule has 0 aliphatic carbocycles. The Balaban J connectivity index is 1.87. The van der Waals surface area contributed by atoms with E-state index in [0.717, 1.165) is 25.9 Å². The molecule has 1 amide bonds. The van der Waals surface area contributed by atoms with Crippen molar-refractivity contribution < 1.29 is 14.6 Å². The number of hydrogen-bond donors (Lipinski definition) is 1. The van der Waals surface area contributed by atoms with Gasteiger partial charge in [-0.2, -0.15) is 0 Å². The molecular formula is C16H28N4O3. The van der Waals surface area contributed by atoms with Crippen LogP contribution in [0.25, 0.3) is 0 Å². The molecule has 7 nitrogen and oxygen atoms in total. The van der Waals surface area contributed by atoms with Crippen LogP contribution in [0.5, 0.6) is 0 Å². The van der Waals surface area contributed by atoms with E-state index in [1.54, 1.807) is 19.5 Å². The lowest BCUT2D eigenvalue weighted by molar-refractivity contribution is -0.135. The number of carbonyl (C=O) groups excluding carboxylic acids is 1. The van der Waals surface area contributed by atoms with E-state index in [4.69, 9.17) is 4.74 Å². The maximum Gasteiger partial charge on any atom is 0.225 e. The van der Waals surface area contributed by atoms with E-state index < -0.39 is 6.10 Å². The average molecular weight is 324 g/mol. The van der Waals surface area contributed by atoms with Gasteiger partial charge in [0.05, 0.1) is 13.0 Å². The zero-order chi connectivity index (χ0) is 16.8. The summed E-state index contributed by atoms with van der Waals surface area (Å²) in [6, 6.07) is 0.539. The summed E-state index contributed by atoms with van der Waals surface area (Å²) in [6.07, 6.45) is 4.61. The Morgan fingerprint density at radius 2 is 2.17 bits per heavy atom. The van der Waals surface area contributed by atoms with E-state index in [-0.39, 0.29) is 12.3 Å². The van der Waals surface area contributed by atoms with Gasteiger partial charge in [0.15, 0.2) is 0 Å². The molecule has 1 atom stereocenters. The van der Waals surface area contributed by atoms with Crippen LogP contribution >= 0.6 is 0 Å². The minimum atomic E-state index is -0.874. The zero-order valence-electron chi connectivity index (χ0n) is 14.3. The van der Waals surface area contributed by atoms with Crippen LogP contribution in [0.15, 0.2) is 12.4 Å². The summed E-state index contributed by atoms with van der Waals surface area (Å²) in [5.74, 6) is 0.523. The van der Waals surface area contributed by atoms with E-state index in [1.807, 2.05) is 9.47 Å². The molecule has 1 aliphatic heterocycles. The third kappa shape index (κ3) is 4.76. The monoisotopic (exact) mass is 324 g/mol. The summed E-state index contributed by atoms with van der Waals surface area (Å²) in [7, 11) is 5.78. The molecule has 1 aliphatic rings. The number of rotatable bonds is 7. The molecule has 1 saturated heterocycles. The van der Waals surface area contributed by atoms with E-state index in [2.05, 4.69) is 24.0 Å². The molecule has 1 N–H and O–H groups in total. The standard InChI is InChI=1S/C16H28N4O3/c1-18(2)13-4-7-19(8-5-13)15(22)12-14(21)16-17-6-9-20(16)10-11-23-3/h6,9,13-14,21H,4-5,7-8,10-12H2,1-3H3/t14-/m0/s1. The van der Waals surface area contributed by atoms with Crippen LogP contribution in [0.4, 0.5) is 0 Å². The fourth-order valence-corrected chi connectivity index (χ4v) is 3.01. The largest absolute Gasteiger partial charge is 0.385 e. The number of hydrogen-bond acceptors (Lipinski definition) is 5. The summed E-state index contributed by atoms with van der Waals surface area (Å²) in [5.41, 5.74) is 0. The first-order valence-corrected chi connectivity index (χ1v) is 8.15. The minimum absolute atomic E-state index is 0.00371. The van der Waals surface area contributed by atoms with Crippen molar-refractivity contribution in [3.8, 4) is 0 Å². The second kappa shape index (κ2) is 8.42. The molecule has 0 aromatic carbocycles. The second-order valence-corrected chi connectivity index (χ2v) is 6.27. The maximum absolute atomic E-state index is 12.4. The number of carbonyl (C=O) groups is 1. The van der Waals surface area contributed by atoms with Crippen molar-refractivity contribution in [2.75, 3.05) is 40.9 Å². The summed E-state index contributed by atoms with van der Waals surface area (Å²) in [6.45, 7) is 2.67. The van der Waals surface area contributed by atoms with Gasteiger partial charge in [0, 0.05) is 45.2 Å². The predicted octanol–water partition coefficient (Wildman–Crippen LogP) is 0.506. The molecule has 1 aromatic heterocycles. The van der Waals surface area contributed by atoms with Gasteiger partial charge in [0.25, 0.3) is 0 Å². The predicted molar refractivity (Wildman–Crippen MR) is 87.0 cm³/mol. The van der Waals surface area contributed by atoms with Gasteiger partial charge in [-0.25, -0.2) is 4.98 Å². The van der Waals surface area contributed by atoms with Gasteiger partial charge in [-0.1, -0.05) is 0 Å². The Bertz CT molecular complexity index is 495. The summed E-state index contributed by atoms with van der Waals surface area (Å²) in [4.78, 5) is 20.6. The first-order chi connectivity index (χ1) is 11.0. The number of likely N-dealkylation sites (tertiary alicyclic amines) is 1. The van der Waals surface area contributed by atoms with Crippen LogP contribution in [0.2, 0.25) is 0 Å². The number of aromatic nitrogens is 2. The van der Waals surface area contributed by atoms with Crippen molar-refractivity contribution in [2.24, 2.45) is 0 Å². The van der Waals surface area contributed by atoms with Gasteiger partial charge in [-0.05, 0) is 26.9 Å². The molecule has 130 valence electrons. The van der Waals surface area contributed by atoms with E-state index in [0.29, 0.717) is 25.0 Å². The molecule has 0 bridgehead atoms. The number of methoxy groups -OCH3 is 1. The second-order valence-electron chi connectivity index (χ2n) is 6.27. The van der Waals surface area contributed by atoms with Crippen LogP contribution < -0.4 is 0 Å². The normalized spacial score (nSPS) is 17.7. The van der Waals surface area contributed by atoms with Crippen molar-refractivity contribution in [3.63, 3.8) is 0 Å². The van der Waals surface area contributed by atoms with Gasteiger partial charge in [-0.3, -0.25) is 4.79 Å². The van der Waals surface area contributed by atoms with Crippen molar-refractivity contribution in [3.05, 3.63) is 18.2 Å². The lowest BCUT2D eigenvalue weighted by atomic mass is 10.0. The molecule has 0 spiro atoms. The van der Waals surface area contributed by atoms with Crippen LogP contribution in [0, 0.1) is 0 Å². The molecule has 0 radical (unpaired) electrons. The molecule has 0 unspecified atom stereocenters. The van der Waals surface area contributed by atoms with Gasteiger partial charge in [0.2, 0.25) is 5.91 Å². The molecule has 1 fully saturated rings. The Morgan fingerprint density at radius 1 is 1.48 bits per heavy atom. The number of nitrogens with zero attached hydrogens (tertiary/aromatic N) is 4. The third-order valence-electron chi connectivity index (χ3n) is 4.50. The molecule has 0 saturated carbocycles. The third-order valence-corrected chi connectivity index (χ3v) is 4.50. The topological polar surface area (TPSA) is 70.8 Å². The highest BCUT2D eigenvalue weighted by Gasteiger charge is 2.26. The Kier molecular flexibility index (Phi) is 6.56. The number of aliphatic hydroxyl groups excluding tert-OH is 1. The molecule has 1 aromatic rings. The zero-order valence-corrected chi connectivity index (χ0v) is 14.3. The first kappa shape index (κ1) is 17.9. The number of ether oxygens (including phenoxy) is 1. The number of amides is 1. The highest BCUT2D eigenvalue weighted by atomic mass is 16.5. The lowest BCUT2D eigenvalue weighted by Gasteiger charge is -2.35. The van der Waals surface area contributed by atoms with Crippen molar-refractivity contribution >= 4 is 5.91 Å². The molecule has 2 heterocycles. The lowest BCUT2D eigenvalue weighted by Crippen LogP contribution is -2.44. The van der Waals surface area contributed by atoms with Crippen molar-refractivity contribution in [1.82, 2.24) is 19.4 Å². The molecule has 23 heavy (non-hydrogen) atoms. The molecule has 7 heteroatoms. The smallest absolute Gasteiger partial charge is 0.225 e. The fraction of sp³-hybridized carbons (Fsp3) is 0.750. The number of aliphatic hydroxyl groups is 1. The fourth-order valence-electron chi connectivity index (χ4n) is 3.01. The Hall–Kier alpha value is -1.44. The van der Waals surface area contributed by atoms with Crippen molar-refractivity contribution in [1.29, 1.82) is 0 Å². The van der Waals surface area contributed by atoms with Gasteiger partial charge in [-0.15, -0.1) is 0 Å². The molecular weight excluding hydrogens is 296 g/mol. The highest BCUT2D eigenvalue weighted by Crippen LogP contribution is 2.19. The van der Waals surface area contributed by atoms with Crippen LogP contribution in [-0.4, -0.2) is 77.3 Å². The SMILES string of the molecule is COCCn1ccnc1[C@@H](O)CC(=O)N1CCC(N(C)C)CC1. The number of piperidine rings is 1. The Labute approximate surface area is 137 Å². The van der Waals surface area contributed by atoms with Crippen LogP contribution in [0.3, 0.4) is 0 Å². The number of imidazole rings is 1. The molecule has 2 rings (SSSR count). The van der Waals surface area contributed by atoms with Gasteiger partial charge < -0.3 is 24.2 Å². The first-order valence-electron chi connectivity index (χ1n) is 8.15. The van der Waals surface area contributed by atoms with Crippen LogP contribution in [0.1, 0.15) is 31.2 Å². The average Bonchev–Trinajstić information content (AvgIpc) is 3.01. The van der Waals surface area contributed by atoms with E-state index in [9.17, 15) is 9.90 Å². The quantitative estimate of drug-likeness (QED) is 0.791. The van der Waals surface area contributed by atoms with E-state index >= 15 is 0 Å². The summed E-state index contributed by atoms with van der Waals surface area (Å²) in [5, 5.41) is 10.4. The van der Waals surface area contributed by atoms with Crippen LogP contribution in [-0.2, 0) is 16.1 Å². The van der Waals surface area contributed by atoms with Gasteiger partial charge >= 0.3 is 0 Å². The highest BCUT2D eigenvalue weighted by molar-refractivity contribution is 5.76. The summed E-state index contributed by atoms with van der Waals surface area (Å²) < 4.78 is 6.88. The van der Waals surface area contributed by atoms with Gasteiger partial charge in [0.1, 0.15) is 11.9 Å². The van der Waals surface area contributed by atoms with E-state index in [1.165, 1.54) is 0 Å². The summed E-state index contributed by atoms with van der Waals surface area (Å²) >= 11 is 0.